The summed E-state index contributed by atoms with van der Waals surface area (Å²) in [7, 11) is 0. The van der Waals surface area contributed by atoms with Gasteiger partial charge in [0.15, 0.2) is 0 Å². The van der Waals surface area contributed by atoms with Crippen LogP contribution in [0.25, 0.3) is 0 Å². The molecule has 0 aliphatic rings. The molecule has 1 aromatic carbocycles. The minimum Gasteiger partial charge on any atom is -0.492 e. The second-order valence-corrected chi connectivity index (χ2v) is 4.45. The Morgan fingerprint density at radius 3 is 2.83 bits per heavy atom. The van der Waals surface area contributed by atoms with E-state index < -0.39 is 17.9 Å². The van der Waals surface area contributed by atoms with E-state index in [9.17, 15) is 18.0 Å². The molecule has 0 atom stereocenters. The summed E-state index contributed by atoms with van der Waals surface area (Å²) in [5, 5.41) is 7.61. The third-order valence-corrected chi connectivity index (χ3v) is 2.68. The van der Waals surface area contributed by atoms with Crippen molar-refractivity contribution in [1.29, 1.82) is 0 Å². The zero-order valence-electron chi connectivity index (χ0n) is 11.9. The lowest BCUT2D eigenvalue weighted by Crippen LogP contribution is -2.23. The van der Waals surface area contributed by atoms with E-state index in [0.717, 1.165) is 0 Å². The molecule has 0 saturated carbocycles. The van der Waals surface area contributed by atoms with E-state index in [1.807, 2.05) is 0 Å². The molecule has 0 spiro atoms. The quantitative estimate of drug-likeness (QED) is 0.736. The molecule has 4 N–H and O–H groups in total. The van der Waals surface area contributed by atoms with Gasteiger partial charge in [0.25, 0.3) is 11.7 Å². The van der Waals surface area contributed by atoms with E-state index in [1.54, 1.807) is 18.2 Å². The first-order chi connectivity index (χ1) is 10.9. The standard InChI is InChI=1S/C13H14F3N5O2/c14-13(15,16)12-19-10(20-21-12)7-18-11(22)8-2-1-3-9(6-8)23-5-4-17/h1-3,6H,4-5,7,17H2,(H,18,22)(H,19,20,21). The van der Waals surface area contributed by atoms with Crippen LogP contribution in [-0.4, -0.2) is 34.2 Å². The number of nitrogens with two attached hydrogens (primary N) is 1. The van der Waals surface area contributed by atoms with Crippen LogP contribution >= 0.6 is 0 Å². The molecule has 0 unspecified atom stereocenters. The van der Waals surface area contributed by atoms with Crippen LogP contribution in [0, 0.1) is 0 Å². The summed E-state index contributed by atoms with van der Waals surface area (Å²) < 4.78 is 42.4. The normalized spacial score (nSPS) is 11.3. The number of benzene rings is 1. The number of H-pyrrole nitrogens is 1. The molecule has 0 radical (unpaired) electrons. The zero-order chi connectivity index (χ0) is 16.9. The van der Waals surface area contributed by atoms with Crippen LogP contribution in [-0.2, 0) is 12.7 Å². The molecule has 1 heterocycles. The summed E-state index contributed by atoms with van der Waals surface area (Å²) in [5.41, 5.74) is 5.62. The maximum Gasteiger partial charge on any atom is 0.453 e. The topological polar surface area (TPSA) is 106 Å². The molecule has 1 amide bonds. The number of carbonyl (C=O) groups is 1. The van der Waals surface area contributed by atoms with Crippen molar-refractivity contribution in [3.05, 3.63) is 41.5 Å². The van der Waals surface area contributed by atoms with E-state index >= 15 is 0 Å². The molecular formula is C13H14F3N5O2. The summed E-state index contributed by atoms with van der Waals surface area (Å²) in [4.78, 5) is 15.2. The molecule has 0 aliphatic carbocycles. The van der Waals surface area contributed by atoms with Crippen LogP contribution < -0.4 is 15.8 Å². The van der Waals surface area contributed by atoms with Gasteiger partial charge >= 0.3 is 6.18 Å². The fraction of sp³-hybridized carbons (Fsp3) is 0.308. The van der Waals surface area contributed by atoms with Crippen molar-refractivity contribution in [2.45, 2.75) is 12.7 Å². The highest BCUT2D eigenvalue weighted by Crippen LogP contribution is 2.25. The van der Waals surface area contributed by atoms with Gasteiger partial charge in [0.2, 0.25) is 0 Å². The fourth-order valence-electron chi connectivity index (χ4n) is 1.67. The van der Waals surface area contributed by atoms with E-state index in [0.29, 0.717) is 24.5 Å². The SMILES string of the molecule is NCCOc1cccc(C(=O)NCc2nc(C(F)(F)F)n[nH]2)c1. The van der Waals surface area contributed by atoms with Crippen LogP contribution in [0.15, 0.2) is 24.3 Å². The van der Waals surface area contributed by atoms with Gasteiger partial charge in [0.05, 0.1) is 6.54 Å². The van der Waals surface area contributed by atoms with Gasteiger partial charge < -0.3 is 15.8 Å². The van der Waals surface area contributed by atoms with Gasteiger partial charge in [0.1, 0.15) is 18.2 Å². The van der Waals surface area contributed by atoms with E-state index in [2.05, 4.69) is 20.5 Å². The molecule has 0 fully saturated rings. The van der Waals surface area contributed by atoms with Crippen molar-refractivity contribution in [1.82, 2.24) is 20.5 Å². The van der Waals surface area contributed by atoms with Crippen molar-refractivity contribution < 1.29 is 22.7 Å². The number of hydrogen-bond donors (Lipinski definition) is 3. The molecule has 7 nitrogen and oxygen atoms in total. The minimum atomic E-state index is -4.63. The monoisotopic (exact) mass is 329 g/mol. The van der Waals surface area contributed by atoms with Gasteiger partial charge in [-0.3, -0.25) is 9.89 Å². The molecule has 124 valence electrons. The Bertz CT molecular complexity index is 672. The third kappa shape index (κ3) is 4.68. The number of carbonyl (C=O) groups excluding carboxylic acids is 1. The number of aromatic amines is 1. The lowest BCUT2D eigenvalue weighted by Gasteiger charge is -2.07. The second-order valence-electron chi connectivity index (χ2n) is 4.45. The van der Waals surface area contributed by atoms with Gasteiger partial charge in [-0.25, -0.2) is 4.98 Å². The molecule has 10 heteroatoms. The Morgan fingerprint density at radius 2 is 2.17 bits per heavy atom. The highest BCUT2D eigenvalue weighted by Gasteiger charge is 2.35. The number of hydrogen-bond acceptors (Lipinski definition) is 5. The Balaban J connectivity index is 1.95. The Kier molecular flexibility index (Phi) is 5.16. The van der Waals surface area contributed by atoms with Crippen molar-refractivity contribution in [2.24, 2.45) is 5.73 Å². The van der Waals surface area contributed by atoms with Gasteiger partial charge in [0, 0.05) is 12.1 Å². The number of ether oxygens (including phenoxy) is 1. The van der Waals surface area contributed by atoms with Crippen molar-refractivity contribution >= 4 is 5.91 Å². The molecule has 23 heavy (non-hydrogen) atoms. The smallest absolute Gasteiger partial charge is 0.453 e. The number of halogens is 3. The summed E-state index contributed by atoms with van der Waals surface area (Å²) >= 11 is 0. The second kappa shape index (κ2) is 7.09. The first kappa shape index (κ1) is 16.7. The molecule has 1 aromatic heterocycles. The number of nitrogens with one attached hydrogen (secondary N) is 2. The zero-order valence-corrected chi connectivity index (χ0v) is 11.9. The lowest BCUT2D eigenvalue weighted by atomic mass is 10.2. The van der Waals surface area contributed by atoms with Gasteiger partial charge in [-0.15, -0.1) is 5.10 Å². The summed E-state index contributed by atoms with van der Waals surface area (Å²) in [5.74, 6) is -1.38. The highest BCUT2D eigenvalue weighted by atomic mass is 19.4. The van der Waals surface area contributed by atoms with Crippen LogP contribution in [0.3, 0.4) is 0 Å². The molecule has 0 bridgehead atoms. The van der Waals surface area contributed by atoms with Crippen LogP contribution in [0.4, 0.5) is 13.2 Å². The predicted molar refractivity (Wildman–Crippen MR) is 73.5 cm³/mol. The predicted octanol–water partition coefficient (Wildman–Crippen LogP) is 1.09. The van der Waals surface area contributed by atoms with Crippen LogP contribution in [0.5, 0.6) is 5.75 Å². The van der Waals surface area contributed by atoms with Gasteiger partial charge in [-0.2, -0.15) is 13.2 Å². The van der Waals surface area contributed by atoms with Crippen LogP contribution in [0.1, 0.15) is 22.0 Å². The Labute approximate surface area is 129 Å². The van der Waals surface area contributed by atoms with Gasteiger partial charge in [-0.05, 0) is 18.2 Å². The van der Waals surface area contributed by atoms with Crippen molar-refractivity contribution in [3.63, 3.8) is 0 Å². The maximum atomic E-state index is 12.4. The lowest BCUT2D eigenvalue weighted by molar-refractivity contribution is -0.144. The average molecular weight is 329 g/mol. The van der Waals surface area contributed by atoms with E-state index in [1.165, 1.54) is 6.07 Å². The summed E-state index contributed by atoms with van der Waals surface area (Å²) in [6.45, 7) is 0.433. The van der Waals surface area contributed by atoms with Gasteiger partial charge in [-0.1, -0.05) is 6.07 Å². The maximum absolute atomic E-state index is 12.4. The molecular weight excluding hydrogens is 315 g/mol. The van der Waals surface area contributed by atoms with Crippen molar-refractivity contribution in [2.75, 3.05) is 13.2 Å². The van der Waals surface area contributed by atoms with E-state index in [-0.39, 0.29) is 12.4 Å². The number of alkyl halides is 3. The molecule has 0 saturated heterocycles. The summed E-state index contributed by atoms with van der Waals surface area (Å²) in [6, 6.07) is 6.34. The molecule has 2 aromatic rings. The van der Waals surface area contributed by atoms with Crippen molar-refractivity contribution in [3.8, 4) is 5.75 Å². The fourth-order valence-corrected chi connectivity index (χ4v) is 1.67. The number of aromatic nitrogens is 3. The number of rotatable bonds is 6. The Hall–Kier alpha value is -2.62. The first-order valence-corrected chi connectivity index (χ1v) is 6.60. The first-order valence-electron chi connectivity index (χ1n) is 6.60. The summed E-state index contributed by atoms with van der Waals surface area (Å²) in [6.07, 6.45) is -4.63. The Morgan fingerprint density at radius 1 is 1.39 bits per heavy atom. The average Bonchev–Trinajstić information content (AvgIpc) is 3.00. The number of amides is 1. The number of nitrogens with zero attached hydrogens (tertiary/aromatic N) is 2. The highest BCUT2D eigenvalue weighted by molar-refractivity contribution is 5.94. The van der Waals surface area contributed by atoms with Crippen LogP contribution in [0.2, 0.25) is 0 Å². The molecule has 0 aliphatic heterocycles. The largest absolute Gasteiger partial charge is 0.492 e. The van der Waals surface area contributed by atoms with E-state index in [4.69, 9.17) is 10.5 Å². The third-order valence-electron chi connectivity index (χ3n) is 2.68. The minimum absolute atomic E-state index is 0.0961. The molecule has 2 rings (SSSR count).